The van der Waals surface area contributed by atoms with E-state index in [0.29, 0.717) is 5.69 Å². The minimum atomic E-state index is -1.11. The van der Waals surface area contributed by atoms with Gasteiger partial charge in [-0.15, -0.1) is 0 Å². The number of nitrogens with two attached hydrogens (primary N) is 1. The zero-order chi connectivity index (χ0) is 15.3. The molecule has 0 aliphatic carbocycles. The zero-order valence-corrected chi connectivity index (χ0v) is 11.5. The first kappa shape index (κ1) is 15.5. The van der Waals surface area contributed by atoms with E-state index >= 15 is 0 Å². The van der Waals surface area contributed by atoms with Crippen molar-refractivity contribution in [2.45, 2.75) is 20.0 Å². The molecular formula is C13H17N3O4. The van der Waals surface area contributed by atoms with Crippen molar-refractivity contribution in [2.75, 3.05) is 12.8 Å². The number of rotatable bonds is 3. The van der Waals surface area contributed by atoms with Crippen LogP contribution in [-0.2, 0) is 9.53 Å². The number of nitrogen functional groups attached to an aromatic ring is 1. The van der Waals surface area contributed by atoms with Crippen LogP contribution < -0.4 is 16.4 Å². The number of esters is 1. The molecule has 7 nitrogen and oxygen atoms in total. The van der Waals surface area contributed by atoms with Gasteiger partial charge in [0.25, 0.3) is 5.91 Å². The van der Waals surface area contributed by atoms with Crippen molar-refractivity contribution in [3.8, 4) is 0 Å². The molecule has 1 aromatic rings. The summed E-state index contributed by atoms with van der Waals surface area (Å²) in [5.74, 6) is -1.44. The number of carbonyl (C=O) groups is 3. The van der Waals surface area contributed by atoms with E-state index in [4.69, 9.17) is 10.5 Å². The van der Waals surface area contributed by atoms with E-state index in [1.807, 2.05) is 5.32 Å². The van der Waals surface area contributed by atoms with Gasteiger partial charge in [0.05, 0.1) is 5.56 Å². The zero-order valence-electron chi connectivity index (χ0n) is 11.5. The second-order valence-electron chi connectivity index (χ2n) is 4.15. The number of anilines is 1. The summed E-state index contributed by atoms with van der Waals surface area (Å²) >= 11 is 0. The Bertz CT molecular complexity index is 542. The van der Waals surface area contributed by atoms with Crippen molar-refractivity contribution in [3.63, 3.8) is 0 Å². The van der Waals surface area contributed by atoms with E-state index in [1.165, 1.54) is 20.0 Å². The molecule has 1 aromatic carbocycles. The number of carbonyl (C=O) groups excluding carboxylic acids is 3. The SMILES string of the molecule is CNC(=O)NC(=O)[C@H](C)OC(=O)c1cccc(C)c1N. The lowest BCUT2D eigenvalue weighted by molar-refractivity contribution is -0.127. The maximum atomic E-state index is 11.9. The maximum absolute atomic E-state index is 11.9. The van der Waals surface area contributed by atoms with Gasteiger partial charge in [-0.2, -0.15) is 0 Å². The number of hydrogen-bond donors (Lipinski definition) is 3. The molecule has 0 radical (unpaired) electrons. The molecule has 0 fully saturated rings. The standard InChI is InChI=1S/C13H17N3O4/c1-7-5-4-6-9(10(7)14)12(18)20-8(2)11(17)16-13(19)15-3/h4-6,8H,14H2,1-3H3,(H2,15,16,17,19)/t8-/m0/s1. The van der Waals surface area contributed by atoms with Crippen molar-refractivity contribution in [1.29, 1.82) is 0 Å². The first-order valence-electron chi connectivity index (χ1n) is 5.95. The first-order chi connectivity index (χ1) is 9.36. The molecule has 0 bridgehead atoms. The normalized spacial score (nSPS) is 11.3. The fourth-order valence-corrected chi connectivity index (χ4v) is 1.41. The summed E-state index contributed by atoms with van der Waals surface area (Å²) in [7, 11) is 1.37. The summed E-state index contributed by atoms with van der Waals surface area (Å²) < 4.78 is 4.97. The predicted octanol–water partition coefficient (Wildman–Crippen LogP) is 0.578. The van der Waals surface area contributed by atoms with E-state index < -0.39 is 24.0 Å². The van der Waals surface area contributed by atoms with Crippen LogP contribution in [0.5, 0.6) is 0 Å². The number of urea groups is 1. The number of para-hydroxylation sites is 1. The quantitative estimate of drug-likeness (QED) is 0.553. The Balaban J connectivity index is 2.73. The molecule has 7 heteroatoms. The van der Waals surface area contributed by atoms with Gasteiger partial charge in [-0.3, -0.25) is 10.1 Å². The van der Waals surface area contributed by atoms with Crippen LogP contribution >= 0.6 is 0 Å². The van der Waals surface area contributed by atoms with Gasteiger partial charge in [-0.05, 0) is 25.5 Å². The van der Waals surface area contributed by atoms with Crippen molar-refractivity contribution >= 4 is 23.6 Å². The van der Waals surface area contributed by atoms with Gasteiger partial charge in [0.2, 0.25) is 0 Å². The third-order valence-electron chi connectivity index (χ3n) is 2.66. The molecule has 0 aliphatic rings. The number of ether oxygens (including phenoxy) is 1. The number of nitrogens with one attached hydrogen (secondary N) is 2. The molecule has 3 amide bonds. The summed E-state index contributed by atoms with van der Waals surface area (Å²) in [4.78, 5) is 34.4. The van der Waals surface area contributed by atoms with Crippen molar-refractivity contribution < 1.29 is 19.1 Å². The van der Waals surface area contributed by atoms with Crippen LogP contribution in [0.3, 0.4) is 0 Å². The molecular weight excluding hydrogens is 262 g/mol. The number of hydrogen-bond acceptors (Lipinski definition) is 5. The Morgan fingerprint density at radius 2 is 1.95 bits per heavy atom. The summed E-state index contributed by atoms with van der Waals surface area (Å²) in [5.41, 5.74) is 7.00. The Morgan fingerprint density at radius 3 is 2.55 bits per heavy atom. The van der Waals surface area contributed by atoms with Gasteiger partial charge >= 0.3 is 12.0 Å². The Hall–Kier alpha value is -2.57. The van der Waals surface area contributed by atoms with Crippen LogP contribution in [0.25, 0.3) is 0 Å². The number of benzene rings is 1. The predicted molar refractivity (Wildman–Crippen MR) is 73.1 cm³/mol. The van der Waals surface area contributed by atoms with Crippen molar-refractivity contribution in [2.24, 2.45) is 0 Å². The third kappa shape index (κ3) is 3.71. The van der Waals surface area contributed by atoms with Gasteiger partial charge in [0.15, 0.2) is 6.10 Å². The van der Waals surface area contributed by atoms with E-state index in [0.717, 1.165) is 5.56 Å². The number of aryl methyl sites for hydroxylation is 1. The Labute approximate surface area is 116 Å². The molecule has 0 unspecified atom stereocenters. The fourth-order valence-electron chi connectivity index (χ4n) is 1.41. The van der Waals surface area contributed by atoms with Crippen LogP contribution in [0.1, 0.15) is 22.8 Å². The first-order valence-corrected chi connectivity index (χ1v) is 5.95. The molecule has 0 saturated carbocycles. The third-order valence-corrected chi connectivity index (χ3v) is 2.66. The lowest BCUT2D eigenvalue weighted by Crippen LogP contribution is -2.43. The summed E-state index contributed by atoms with van der Waals surface area (Å²) in [6.07, 6.45) is -1.11. The second kappa shape index (κ2) is 6.55. The van der Waals surface area contributed by atoms with Gasteiger partial charge in [0, 0.05) is 12.7 Å². The largest absolute Gasteiger partial charge is 0.449 e. The van der Waals surface area contributed by atoms with Gasteiger partial charge < -0.3 is 15.8 Å². The van der Waals surface area contributed by atoms with Crippen molar-refractivity contribution in [3.05, 3.63) is 29.3 Å². The molecule has 1 atom stereocenters. The second-order valence-corrected chi connectivity index (χ2v) is 4.15. The van der Waals surface area contributed by atoms with Crippen LogP contribution in [0, 0.1) is 6.92 Å². The molecule has 1 rings (SSSR count). The smallest absolute Gasteiger partial charge is 0.341 e. The van der Waals surface area contributed by atoms with Gasteiger partial charge in [-0.1, -0.05) is 12.1 Å². The Morgan fingerprint density at radius 1 is 1.30 bits per heavy atom. The molecule has 0 spiro atoms. The molecule has 108 valence electrons. The summed E-state index contributed by atoms with van der Waals surface area (Å²) in [6, 6.07) is 4.26. The van der Waals surface area contributed by atoms with Gasteiger partial charge in [0.1, 0.15) is 0 Å². The molecule has 0 heterocycles. The topological polar surface area (TPSA) is 111 Å². The van der Waals surface area contributed by atoms with Crippen LogP contribution in [0.2, 0.25) is 0 Å². The molecule has 4 N–H and O–H groups in total. The summed E-state index contributed by atoms with van der Waals surface area (Å²) in [6.45, 7) is 3.12. The van der Waals surface area contributed by atoms with Crippen LogP contribution in [0.4, 0.5) is 10.5 Å². The fraction of sp³-hybridized carbons (Fsp3) is 0.308. The lowest BCUT2D eigenvalue weighted by atomic mass is 10.1. The minimum Gasteiger partial charge on any atom is -0.449 e. The van der Waals surface area contributed by atoms with Crippen molar-refractivity contribution in [1.82, 2.24) is 10.6 Å². The highest BCUT2D eigenvalue weighted by Gasteiger charge is 2.21. The molecule has 20 heavy (non-hydrogen) atoms. The summed E-state index contributed by atoms with van der Waals surface area (Å²) in [5, 5.41) is 4.24. The average Bonchev–Trinajstić information content (AvgIpc) is 2.41. The van der Waals surface area contributed by atoms with Gasteiger partial charge in [-0.25, -0.2) is 9.59 Å². The monoisotopic (exact) mass is 279 g/mol. The number of amides is 3. The highest BCUT2D eigenvalue weighted by Crippen LogP contribution is 2.17. The molecule has 0 saturated heterocycles. The van der Waals surface area contributed by atoms with E-state index in [9.17, 15) is 14.4 Å². The van der Waals surface area contributed by atoms with Crippen LogP contribution in [-0.4, -0.2) is 31.1 Å². The highest BCUT2D eigenvalue weighted by molar-refractivity contribution is 6.00. The molecule has 0 aliphatic heterocycles. The number of imide groups is 1. The van der Waals surface area contributed by atoms with E-state index in [2.05, 4.69) is 5.32 Å². The molecule has 0 aromatic heterocycles. The highest BCUT2D eigenvalue weighted by atomic mass is 16.5. The average molecular weight is 279 g/mol. The van der Waals surface area contributed by atoms with Crippen LogP contribution in [0.15, 0.2) is 18.2 Å². The lowest BCUT2D eigenvalue weighted by Gasteiger charge is -2.14. The minimum absolute atomic E-state index is 0.185. The van der Waals surface area contributed by atoms with E-state index in [1.54, 1.807) is 19.1 Å². The van der Waals surface area contributed by atoms with E-state index in [-0.39, 0.29) is 5.56 Å². The maximum Gasteiger partial charge on any atom is 0.341 e. The Kier molecular flexibility index (Phi) is 5.08.